The molecule has 1 aromatic heterocycles. The summed E-state index contributed by atoms with van der Waals surface area (Å²) in [6.45, 7) is 7.90. The Kier molecular flexibility index (Phi) is 8.21. The topological polar surface area (TPSA) is 82.0 Å². The maximum absolute atomic E-state index is 12.5. The van der Waals surface area contributed by atoms with Gasteiger partial charge in [-0.15, -0.1) is 0 Å². The molecule has 4 aromatic rings. The van der Waals surface area contributed by atoms with Gasteiger partial charge < -0.3 is 4.98 Å². The molecule has 0 aliphatic heterocycles. The van der Waals surface area contributed by atoms with Gasteiger partial charge in [-0.2, -0.15) is 0 Å². The first-order valence-electron chi connectivity index (χ1n) is 11.4. The number of nitrogens with one attached hydrogen (secondary N) is 2. The number of ketones is 1. The number of allylic oxidation sites excluding steroid dienone is 4. The third kappa shape index (κ3) is 6.87. The van der Waals surface area contributed by atoms with Crippen molar-refractivity contribution in [3.63, 3.8) is 0 Å². The molecule has 36 heavy (non-hydrogen) atoms. The molecule has 0 unspecified atom stereocenters. The Balaban J connectivity index is 1.29. The number of aliphatic imine (C=N–C) groups is 1. The summed E-state index contributed by atoms with van der Waals surface area (Å²) in [4.78, 5) is 25.7. The Bertz CT molecular complexity index is 1450. The van der Waals surface area contributed by atoms with Crippen molar-refractivity contribution >= 4 is 46.2 Å². The van der Waals surface area contributed by atoms with Crippen LogP contribution in [0.3, 0.4) is 0 Å². The van der Waals surface area contributed by atoms with Crippen molar-refractivity contribution in [1.82, 2.24) is 9.97 Å². The lowest BCUT2D eigenvalue weighted by Gasteiger charge is -2.03. The fourth-order valence-corrected chi connectivity index (χ4v) is 4.31. The minimum absolute atomic E-state index is 0.0254. The van der Waals surface area contributed by atoms with Crippen LogP contribution in [0.4, 0.5) is 5.69 Å². The summed E-state index contributed by atoms with van der Waals surface area (Å²) in [5.41, 5.74) is 4.90. The van der Waals surface area contributed by atoms with Gasteiger partial charge in [0.15, 0.2) is 10.9 Å². The molecule has 0 atom stereocenters. The number of nitrogens with zero attached hydrogens (tertiary/aromatic N) is 2. The molecule has 4 rings (SSSR count). The summed E-state index contributed by atoms with van der Waals surface area (Å²) in [5, 5.41) is 8.95. The highest BCUT2D eigenvalue weighted by molar-refractivity contribution is 7.99. The highest BCUT2D eigenvalue weighted by Crippen LogP contribution is 2.29. The summed E-state index contributed by atoms with van der Waals surface area (Å²) >= 11 is 1.52. The maximum Gasteiger partial charge on any atom is 0.186 e. The minimum atomic E-state index is -0.338. The van der Waals surface area contributed by atoms with E-state index in [9.17, 15) is 4.79 Å². The molecule has 0 aliphatic carbocycles. The number of carbonyl (C=O) groups is 1. The van der Waals surface area contributed by atoms with Crippen LogP contribution in [0, 0.1) is 5.41 Å². The molecular weight excluding hydrogens is 464 g/mol. The Labute approximate surface area is 214 Å². The van der Waals surface area contributed by atoms with Crippen molar-refractivity contribution in [2.45, 2.75) is 22.9 Å². The molecule has 0 amide bonds. The summed E-state index contributed by atoms with van der Waals surface area (Å²) in [7, 11) is 0. The lowest BCUT2D eigenvalue weighted by molar-refractivity contribution is -0.111. The van der Waals surface area contributed by atoms with E-state index in [4.69, 9.17) is 5.41 Å². The number of Topliss-reactive ketones (excluding diaryl/α,β-unsaturated/α-hetero) is 1. The number of hydrogen-bond donors (Lipinski definition) is 2. The van der Waals surface area contributed by atoms with Crippen LogP contribution in [0.15, 0.2) is 130 Å². The normalized spacial score (nSPS) is 11.3. The fraction of sp³-hybridized carbons (Fsp3) is 0.0667. The molecule has 3 aromatic carbocycles. The van der Waals surface area contributed by atoms with Gasteiger partial charge in [0.05, 0.1) is 16.7 Å². The van der Waals surface area contributed by atoms with E-state index in [1.54, 1.807) is 12.2 Å². The van der Waals surface area contributed by atoms with Gasteiger partial charge >= 0.3 is 0 Å². The van der Waals surface area contributed by atoms with Crippen LogP contribution in [0.25, 0.3) is 11.0 Å². The number of H-pyrrole nitrogens is 1. The zero-order chi connectivity index (χ0) is 25.3. The van der Waals surface area contributed by atoms with E-state index < -0.39 is 0 Å². The monoisotopic (exact) mass is 490 g/mol. The van der Waals surface area contributed by atoms with E-state index in [0.29, 0.717) is 12.0 Å². The number of carbonyl (C=O) groups excluding carboxylic acids is 1. The van der Waals surface area contributed by atoms with Crippen molar-refractivity contribution in [3.05, 3.63) is 121 Å². The number of aromatic amines is 1. The van der Waals surface area contributed by atoms with Crippen LogP contribution in [0.5, 0.6) is 0 Å². The van der Waals surface area contributed by atoms with Crippen molar-refractivity contribution in [1.29, 1.82) is 5.41 Å². The van der Waals surface area contributed by atoms with E-state index in [1.807, 2.05) is 78.9 Å². The third-order valence-electron chi connectivity index (χ3n) is 5.31. The zero-order valence-corrected chi connectivity index (χ0v) is 20.6. The summed E-state index contributed by atoms with van der Waals surface area (Å²) < 4.78 is 0. The van der Waals surface area contributed by atoms with E-state index in [-0.39, 0.29) is 17.9 Å². The molecule has 0 spiro atoms. The number of imidazole rings is 1. The molecule has 5 nitrogen and oxygen atoms in total. The summed E-state index contributed by atoms with van der Waals surface area (Å²) in [6, 6.07) is 25.6. The van der Waals surface area contributed by atoms with Crippen LogP contribution in [-0.2, 0) is 11.2 Å². The van der Waals surface area contributed by atoms with Gasteiger partial charge in [-0.1, -0.05) is 91.2 Å². The number of fused-ring (bicyclic) bond motifs is 1. The summed E-state index contributed by atoms with van der Waals surface area (Å²) in [6.07, 6.45) is 5.73. The second-order valence-corrected chi connectivity index (χ2v) is 9.21. The second kappa shape index (κ2) is 11.9. The largest absolute Gasteiger partial charge is 0.333 e. The first-order chi connectivity index (χ1) is 17.5. The first-order valence-corrected chi connectivity index (χ1v) is 12.3. The molecule has 0 saturated heterocycles. The summed E-state index contributed by atoms with van der Waals surface area (Å²) in [5.74, 6) is -0.338. The molecule has 0 fully saturated rings. The molecule has 2 N–H and O–H groups in total. The first kappa shape index (κ1) is 24.8. The van der Waals surface area contributed by atoms with Crippen LogP contribution in [0.2, 0.25) is 0 Å². The highest BCUT2D eigenvalue weighted by Gasteiger charge is 2.10. The Hall–Kier alpha value is -4.29. The van der Waals surface area contributed by atoms with Crippen LogP contribution in [-0.4, -0.2) is 27.7 Å². The van der Waals surface area contributed by atoms with E-state index in [2.05, 4.69) is 28.1 Å². The predicted molar refractivity (Wildman–Crippen MR) is 150 cm³/mol. The Morgan fingerprint density at radius 3 is 2.58 bits per heavy atom. The average molecular weight is 491 g/mol. The van der Waals surface area contributed by atoms with E-state index >= 15 is 0 Å². The number of benzene rings is 3. The second-order valence-electron chi connectivity index (χ2n) is 8.15. The Morgan fingerprint density at radius 1 is 1.00 bits per heavy atom. The quantitative estimate of drug-likeness (QED) is 0.171. The lowest BCUT2D eigenvalue weighted by Crippen LogP contribution is -2.14. The van der Waals surface area contributed by atoms with Crippen molar-refractivity contribution in [3.8, 4) is 0 Å². The molecule has 178 valence electrons. The van der Waals surface area contributed by atoms with Gasteiger partial charge in [0.25, 0.3) is 0 Å². The average Bonchev–Trinajstić information content (AvgIpc) is 3.30. The van der Waals surface area contributed by atoms with Crippen molar-refractivity contribution in [2.75, 3.05) is 0 Å². The number of rotatable bonds is 11. The van der Waals surface area contributed by atoms with Gasteiger partial charge in [-0.05, 0) is 47.9 Å². The molecule has 6 heteroatoms. The van der Waals surface area contributed by atoms with Crippen molar-refractivity contribution in [2.24, 2.45) is 4.99 Å². The van der Waals surface area contributed by atoms with Gasteiger partial charge in [0.1, 0.15) is 5.71 Å². The van der Waals surface area contributed by atoms with E-state index in [0.717, 1.165) is 37.9 Å². The zero-order valence-electron chi connectivity index (χ0n) is 19.8. The van der Waals surface area contributed by atoms with Crippen LogP contribution in [0.1, 0.15) is 12.0 Å². The van der Waals surface area contributed by atoms with Gasteiger partial charge in [-0.3, -0.25) is 15.2 Å². The molecule has 1 heterocycles. The smallest absolute Gasteiger partial charge is 0.186 e. The minimum Gasteiger partial charge on any atom is -0.333 e. The SMILES string of the molecule is C=C(/C=C\C(=C)C(=N)C(=O)CC=Nc1cccc(Sc2nc3ccccc3[nH]2)c1)Cc1ccccc1. The maximum atomic E-state index is 12.5. The van der Waals surface area contributed by atoms with Gasteiger partial charge in [0.2, 0.25) is 0 Å². The molecule has 0 radical (unpaired) electrons. The number of para-hydroxylation sites is 2. The van der Waals surface area contributed by atoms with E-state index in [1.165, 1.54) is 18.0 Å². The van der Waals surface area contributed by atoms with Gasteiger partial charge in [-0.25, -0.2) is 4.98 Å². The Morgan fingerprint density at radius 2 is 1.78 bits per heavy atom. The third-order valence-corrected chi connectivity index (χ3v) is 6.19. The molecule has 0 bridgehead atoms. The van der Waals surface area contributed by atoms with Crippen LogP contribution < -0.4 is 0 Å². The highest BCUT2D eigenvalue weighted by atomic mass is 32.2. The number of aromatic nitrogens is 2. The molecule has 0 aliphatic rings. The predicted octanol–water partition coefficient (Wildman–Crippen LogP) is 7.31. The van der Waals surface area contributed by atoms with Crippen LogP contribution >= 0.6 is 11.8 Å². The molecular formula is C30H26N4OS. The number of hydrogen-bond acceptors (Lipinski definition) is 5. The van der Waals surface area contributed by atoms with Gasteiger partial charge in [0, 0.05) is 17.5 Å². The fourth-order valence-electron chi connectivity index (χ4n) is 3.45. The molecule has 0 saturated carbocycles. The van der Waals surface area contributed by atoms with Crippen molar-refractivity contribution < 1.29 is 4.79 Å². The standard InChI is InChI=1S/C30H26N4OS/c1-21(19-23-9-4-3-5-10-23)15-16-22(2)29(31)28(35)17-18-32-24-11-8-12-25(20-24)36-30-33-26-13-6-7-14-27(26)34-30/h3-16,18,20,31H,1-2,17,19H2,(H,33,34)/b16-15-,31-29?,32-18?. The lowest BCUT2D eigenvalue weighted by atomic mass is 10.0.